The third-order valence-electron chi connectivity index (χ3n) is 2.75. The number of amides is 2. The van der Waals surface area contributed by atoms with E-state index in [-0.39, 0.29) is 17.9 Å². The lowest BCUT2D eigenvalue weighted by atomic mass is 10.0. The van der Waals surface area contributed by atoms with Crippen molar-refractivity contribution in [2.75, 3.05) is 13.1 Å². The van der Waals surface area contributed by atoms with E-state index in [0.29, 0.717) is 18.9 Å². The second kappa shape index (κ2) is 5.87. The van der Waals surface area contributed by atoms with Crippen LogP contribution in [0.3, 0.4) is 0 Å². The SMILES string of the molecule is CCCN1CCC(=O)NC(CC(C)C)C1=O. The Bertz CT molecular complexity index is 264. The van der Waals surface area contributed by atoms with Gasteiger partial charge in [0, 0.05) is 19.5 Å². The van der Waals surface area contributed by atoms with Gasteiger partial charge in [-0.1, -0.05) is 20.8 Å². The molecule has 4 heteroatoms. The molecule has 0 radical (unpaired) electrons. The van der Waals surface area contributed by atoms with E-state index in [0.717, 1.165) is 19.4 Å². The molecule has 1 N–H and O–H groups in total. The molecule has 1 saturated heterocycles. The zero-order valence-electron chi connectivity index (χ0n) is 10.5. The van der Waals surface area contributed by atoms with Crippen molar-refractivity contribution in [2.45, 2.75) is 46.1 Å². The molecule has 16 heavy (non-hydrogen) atoms. The molecule has 0 saturated carbocycles. The lowest BCUT2D eigenvalue weighted by molar-refractivity contribution is -0.134. The smallest absolute Gasteiger partial charge is 0.245 e. The molecule has 0 spiro atoms. The molecule has 0 bridgehead atoms. The molecule has 0 aromatic carbocycles. The maximum atomic E-state index is 12.1. The highest BCUT2D eigenvalue weighted by Crippen LogP contribution is 2.12. The van der Waals surface area contributed by atoms with E-state index in [2.05, 4.69) is 19.2 Å². The molecule has 1 unspecified atom stereocenters. The van der Waals surface area contributed by atoms with Crippen LogP contribution in [0.25, 0.3) is 0 Å². The Balaban J connectivity index is 2.71. The van der Waals surface area contributed by atoms with Crippen LogP contribution in [0.5, 0.6) is 0 Å². The van der Waals surface area contributed by atoms with Gasteiger partial charge in [-0.15, -0.1) is 0 Å². The van der Waals surface area contributed by atoms with Gasteiger partial charge in [0.15, 0.2) is 0 Å². The Morgan fingerprint density at radius 2 is 2.12 bits per heavy atom. The third-order valence-corrected chi connectivity index (χ3v) is 2.75. The summed E-state index contributed by atoms with van der Waals surface area (Å²) in [7, 11) is 0. The van der Waals surface area contributed by atoms with Gasteiger partial charge in [0.25, 0.3) is 0 Å². The molecule has 1 rings (SSSR count). The number of hydrogen-bond donors (Lipinski definition) is 1. The van der Waals surface area contributed by atoms with Gasteiger partial charge >= 0.3 is 0 Å². The number of carbonyl (C=O) groups excluding carboxylic acids is 2. The highest BCUT2D eigenvalue weighted by Gasteiger charge is 2.29. The van der Waals surface area contributed by atoms with Crippen LogP contribution in [0.2, 0.25) is 0 Å². The van der Waals surface area contributed by atoms with Gasteiger partial charge < -0.3 is 10.2 Å². The number of carbonyl (C=O) groups is 2. The third kappa shape index (κ3) is 3.51. The quantitative estimate of drug-likeness (QED) is 0.782. The molecule has 1 fully saturated rings. The summed E-state index contributed by atoms with van der Waals surface area (Å²) < 4.78 is 0. The summed E-state index contributed by atoms with van der Waals surface area (Å²) in [6.45, 7) is 7.49. The van der Waals surface area contributed by atoms with Crippen molar-refractivity contribution in [1.29, 1.82) is 0 Å². The van der Waals surface area contributed by atoms with Crippen molar-refractivity contribution < 1.29 is 9.59 Å². The minimum absolute atomic E-state index is 0.00222. The van der Waals surface area contributed by atoms with Crippen LogP contribution in [0.1, 0.15) is 40.0 Å². The van der Waals surface area contributed by atoms with E-state index in [1.54, 1.807) is 0 Å². The van der Waals surface area contributed by atoms with Gasteiger partial charge in [-0.25, -0.2) is 0 Å². The minimum atomic E-state index is -0.318. The largest absolute Gasteiger partial charge is 0.344 e. The molecule has 4 nitrogen and oxygen atoms in total. The van der Waals surface area contributed by atoms with E-state index in [9.17, 15) is 9.59 Å². The summed E-state index contributed by atoms with van der Waals surface area (Å²) in [5, 5.41) is 2.82. The highest BCUT2D eigenvalue weighted by molar-refractivity contribution is 5.89. The average Bonchev–Trinajstić information content (AvgIpc) is 2.31. The molecule has 1 heterocycles. The van der Waals surface area contributed by atoms with Crippen LogP contribution < -0.4 is 5.32 Å². The second-order valence-corrected chi connectivity index (χ2v) is 4.82. The first kappa shape index (κ1) is 13.0. The summed E-state index contributed by atoms with van der Waals surface area (Å²) in [6.07, 6.45) is 2.10. The van der Waals surface area contributed by atoms with Gasteiger partial charge in [0.1, 0.15) is 6.04 Å². The number of nitrogens with one attached hydrogen (secondary N) is 1. The molecular weight excluding hydrogens is 204 g/mol. The molecule has 0 aliphatic carbocycles. The van der Waals surface area contributed by atoms with Crippen LogP contribution in [0.4, 0.5) is 0 Å². The predicted molar refractivity (Wildman–Crippen MR) is 62.9 cm³/mol. The maximum Gasteiger partial charge on any atom is 0.245 e. The fourth-order valence-corrected chi connectivity index (χ4v) is 2.02. The number of hydrogen-bond acceptors (Lipinski definition) is 2. The minimum Gasteiger partial charge on any atom is -0.344 e. The molecule has 1 aliphatic heterocycles. The van der Waals surface area contributed by atoms with E-state index in [4.69, 9.17) is 0 Å². The van der Waals surface area contributed by atoms with Crippen LogP contribution in [0, 0.1) is 5.92 Å². The van der Waals surface area contributed by atoms with E-state index in [1.165, 1.54) is 0 Å². The predicted octanol–water partition coefficient (Wildman–Crippen LogP) is 1.16. The highest BCUT2D eigenvalue weighted by atomic mass is 16.2. The first-order valence-corrected chi connectivity index (χ1v) is 6.12. The van der Waals surface area contributed by atoms with E-state index < -0.39 is 0 Å². The lowest BCUT2D eigenvalue weighted by Crippen LogP contribution is -2.45. The van der Waals surface area contributed by atoms with Gasteiger partial charge in [-0.2, -0.15) is 0 Å². The molecule has 1 aliphatic rings. The van der Waals surface area contributed by atoms with E-state index >= 15 is 0 Å². The monoisotopic (exact) mass is 226 g/mol. The summed E-state index contributed by atoms with van der Waals surface area (Å²) in [6, 6.07) is -0.318. The average molecular weight is 226 g/mol. The Morgan fingerprint density at radius 1 is 1.44 bits per heavy atom. The van der Waals surface area contributed by atoms with Crippen molar-refractivity contribution in [2.24, 2.45) is 5.92 Å². The Kier molecular flexibility index (Phi) is 4.77. The number of rotatable bonds is 4. The Morgan fingerprint density at radius 3 is 2.69 bits per heavy atom. The Labute approximate surface area is 97.4 Å². The van der Waals surface area contributed by atoms with Gasteiger partial charge in [-0.3, -0.25) is 9.59 Å². The van der Waals surface area contributed by atoms with Gasteiger partial charge in [0.2, 0.25) is 11.8 Å². The van der Waals surface area contributed by atoms with Crippen LogP contribution >= 0.6 is 0 Å². The lowest BCUT2D eigenvalue weighted by Gasteiger charge is -2.24. The van der Waals surface area contributed by atoms with Crippen molar-refractivity contribution >= 4 is 11.8 Å². The fraction of sp³-hybridized carbons (Fsp3) is 0.833. The summed E-state index contributed by atoms with van der Waals surface area (Å²) >= 11 is 0. The van der Waals surface area contributed by atoms with Crippen LogP contribution in [-0.4, -0.2) is 35.8 Å². The molecule has 1 atom stereocenters. The van der Waals surface area contributed by atoms with Crippen molar-refractivity contribution in [3.05, 3.63) is 0 Å². The maximum absolute atomic E-state index is 12.1. The first-order valence-electron chi connectivity index (χ1n) is 6.12. The topological polar surface area (TPSA) is 49.4 Å². The summed E-state index contributed by atoms with van der Waals surface area (Å²) in [5.41, 5.74) is 0. The van der Waals surface area contributed by atoms with Crippen LogP contribution in [0.15, 0.2) is 0 Å². The molecular formula is C12H22N2O2. The molecule has 92 valence electrons. The standard InChI is InChI=1S/C12H22N2O2/c1-4-6-14-7-5-11(15)13-10(12(14)16)8-9(2)3/h9-10H,4-8H2,1-3H3,(H,13,15). The zero-order valence-corrected chi connectivity index (χ0v) is 10.5. The molecule has 0 aromatic heterocycles. The van der Waals surface area contributed by atoms with Crippen molar-refractivity contribution in [3.8, 4) is 0 Å². The second-order valence-electron chi connectivity index (χ2n) is 4.82. The van der Waals surface area contributed by atoms with Gasteiger partial charge in [0.05, 0.1) is 0 Å². The van der Waals surface area contributed by atoms with Crippen molar-refractivity contribution in [1.82, 2.24) is 10.2 Å². The molecule has 0 aromatic rings. The summed E-state index contributed by atoms with van der Waals surface area (Å²) in [5.74, 6) is 0.495. The molecule has 2 amide bonds. The fourth-order valence-electron chi connectivity index (χ4n) is 2.02. The normalized spacial score (nSPS) is 22.2. The van der Waals surface area contributed by atoms with Crippen molar-refractivity contribution in [3.63, 3.8) is 0 Å². The van der Waals surface area contributed by atoms with E-state index in [1.807, 2.05) is 11.8 Å². The number of nitrogens with zero attached hydrogens (tertiary/aromatic N) is 1. The van der Waals surface area contributed by atoms with Crippen LogP contribution in [-0.2, 0) is 9.59 Å². The zero-order chi connectivity index (χ0) is 12.1. The van der Waals surface area contributed by atoms with Gasteiger partial charge in [-0.05, 0) is 18.8 Å². The summed E-state index contributed by atoms with van der Waals surface area (Å²) in [4.78, 5) is 25.4. The Hall–Kier alpha value is -1.06. The first-order chi connectivity index (χ1) is 7.54.